The first-order valence-corrected chi connectivity index (χ1v) is 10.8. The largest absolute Gasteiger partial charge is 0.377 e. The van der Waals surface area contributed by atoms with Gasteiger partial charge in [0.1, 0.15) is 17.2 Å². The number of Topliss-reactive ketones (excluding diaryl/α,β-unsaturated/α-hetero) is 1. The summed E-state index contributed by atoms with van der Waals surface area (Å²) in [6.45, 7) is 9.98. The monoisotopic (exact) mass is 414 g/mol. The quantitative estimate of drug-likeness (QED) is 0.700. The number of thiazole rings is 1. The number of nitrogens with zero attached hydrogens (tertiary/aromatic N) is 6. The predicted octanol–water partition coefficient (Wildman–Crippen LogP) is 2.91. The molecule has 1 fully saturated rings. The first-order valence-electron chi connectivity index (χ1n) is 9.97. The molecule has 2 atom stereocenters. The highest BCUT2D eigenvalue weighted by Gasteiger charge is 2.50. The topological polar surface area (TPSA) is 85.5 Å². The molecule has 2 aromatic heterocycles. The van der Waals surface area contributed by atoms with Gasteiger partial charge < -0.3 is 9.64 Å². The van der Waals surface area contributed by atoms with Crippen molar-refractivity contribution in [2.75, 3.05) is 19.8 Å². The lowest BCUT2D eigenvalue weighted by Crippen LogP contribution is -2.61. The number of amidine groups is 1. The van der Waals surface area contributed by atoms with E-state index in [0.29, 0.717) is 24.6 Å². The van der Waals surface area contributed by atoms with Crippen molar-refractivity contribution in [3.63, 3.8) is 0 Å². The first-order chi connectivity index (χ1) is 14.0. The molecule has 0 N–H and O–H groups in total. The number of fused-ring (bicyclic) bond motifs is 3. The average Bonchev–Trinajstić information content (AvgIpc) is 3.39. The average molecular weight is 415 g/mol. The van der Waals surface area contributed by atoms with Crippen molar-refractivity contribution in [1.29, 1.82) is 0 Å². The number of aryl methyl sites for hydroxylation is 1. The molecule has 0 amide bonds. The van der Waals surface area contributed by atoms with E-state index in [1.54, 1.807) is 6.20 Å². The van der Waals surface area contributed by atoms with Crippen LogP contribution in [0, 0.1) is 6.92 Å². The molecular formula is C20H26N6O2S. The van der Waals surface area contributed by atoms with Gasteiger partial charge in [0.05, 0.1) is 25.0 Å². The molecule has 0 saturated carbocycles. The molecule has 2 aromatic rings. The Bertz CT molecular complexity index is 964. The Morgan fingerprint density at radius 3 is 3.00 bits per heavy atom. The van der Waals surface area contributed by atoms with E-state index in [0.717, 1.165) is 36.1 Å². The van der Waals surface area contributed by atoms with Crippen molar-refractivity contribution >= 4 is 28.7 Å². The van der Waals surface area contributed by atoms with Gasteiger partial charge in [0.25, 0.3) is 0 Å². The van der Waals surface area contributed by atoms with Crippen molar-refractivity contribution in [1.82, 2.24) is 24.6 Å². The molecule has 0 spiro atoms. The van der Waals surface area contributed by atoms with Crippen LogP contribution in [0.3, 0.4) is 0 Å². The van der Waals surface area contributed by atoms with Gasteiger partial charge in [0.2, 0.25) is 0 Å². The molecule has 2 aliphatic rings. The molecule has 154 valence electrons. The zero-order valence-electron chi connectivity index (χ0n) is 17.3. The zero-order chi connectivity index (χ0) is 20.6. The number of morpholine rings is 1. The number of aliphatic imine (C=N–C) groups is 1. The van der Waals surface area contributed by atoms with E-state index >= 15 is 0 Å². The molecular weight excluding hydrogens is 388 g/mol. The number of allylic oxidation sites excluding steroid dienone is 1. The Morgan fingerprint density at radius 1 is 1.48 bits per heavy atom. The fourth-order valence-corrected chi connectivity index (χ4v) is 4.78. The molecule has 0 bridgehead atoms. The highest BCUT2D eigenvalue weighted by molar-refractivity contribution is 7.11. The van der Waals surface area contributed by atoms with E-state index in [-0.39, 0.29) is 11.8 Å². The summed E-state index contributed by atoms with van der Waals surface area (Å²) in [6, 6.07) is -0.174. The van der Waals surface area contributed by atoms with Crippen LogP contribution in [-0.4, -0.2) is 62.1 Å². The van der Waals surface area contributed by atoms with E-state index in [9.17, 15) is 4.79 Å². The maximum atomic E-state index is 12.5. The van der Waals surface area contributed by atoms with E-state index in [1.807, 2.05) is 32.2 Å². The van der Waals surface area contributed by atoms with Crippen LogP contribution < -0.4 is 0 Å². The summed E-state index contributed by atoms with van der Waals surface area (Å²) >= 11 is 1.37. The minimum atomic E-state index is -0.399. The normalized spacial score (nSPS) is 25.2. The fourth-order valence-electron chi connectivity index (χ4n) is 4.19. The Labute approximate surface area is 174 Å². The van der Waals surface area contributed by atoms with Crippen LogP contribution >= 0.6 is 11.3 Å². The van der Waals surface area contributed by atoms with E-state index < -0.39 is 5.54 Å². The van der Waals surface area contributed by atoms with Gasteiger partial charge in [-0.05, 0) is 27.2 Å². The number of ether oxygens (including phenoxy) is 1. The standard InChI is InChI=1S/C20H26N6O2S/c1-5-15-17(22-13(3)11-16(27)18-21-7-10-29-18)25-8-9-28-12-20(25,6-2)19-24-23-14(4)26(15)19/h5,7,10,13H,6,8-9,11-12H2,1-4H3/b15-5+,22-17?. The van der Waals surface area contributed by atoms with Gasteiger partial charge in [0.15, 0.2) is 16.6 Å². The number of aromatic nitrogens is 4. The zero-order valence-corrected chi connectivity index (χ0v) is 18.1. The second kappa shape index (κ2) is 7.79. The van der Waals surface area contributed by atoms with Gasteiger partial charge in [-0.2, -0.15) is 0 Å². The van der Waals surface area contributed by atoms with Gasteiger partial charge in [0, 0.05) is 24.5 Å². The molecule has 2 aliphatic heterocycles. The summed E-state index contributed by atoms with van der Waals surface area (Å²) < 4.78 is 7.96. The van der Waals surface area contributed by atoms with Crippen LogP contribution in [0.25, 0.3) is 5.70 Å². The molecule has 29 heavy (non-hydrogen) atoms. The minimum absolute atomic E-state index is 0.0274. The van der Waals surface area contributed by atoms with E-state index in [1.165, 1.54) is 11.3 Å². The highest BCUT2D eigenvalue weighted by Crippen LogP contribution is 2.41. The third kappa shape index (κ3) is 3.22. The van der Waals surface area contributed by atoms with E-state index in [4.69, 9.17) is 9.73 Å². The molecule has 8 nitrogen and oxygen atoms in total. The van der Waals surface area contributed by atoms with Crippen LogP contribution in [0.2, 0.25) is 0 Å². The SMILES string of the molecule is C/C=C1\C(=NC(C)CC(=O)c2nccs2)N2CCOCC2(CC)c2nnc(C)n21. The second-order valence-electron chi connectivity index (χ2n) is 7.44. The maximum absolute atomic E-state index is 12.5. The van der Waals surface area contributed by atoms with Crippen molar-refractivity contribution < 1.29 is 9.53 Å². The fraction of sp³-hybridized carbons (Fsp3) is 0.550. The molecule has 0 aliphatic carbocycles. The Kier molecular flexibility index (Phi) is 5.35. The Morgan fingerprint density at radius 2 is 2.31 bits per heavy atom. The van der Waals surface area contributed by atoms with Crippen molar-refractivity contribution in [2.45, 2.75) is 52.1 Å². The number of rotatable bonds is 5. The van der Waals surface area contributed by atoms with E-state index in [2.05, 4.69) is 31.6 Å². The van der Waals surface area contributed by atoms with Crippen molar-refractivity contribution in [2.24, 2.45) is 4.99 Å². The number of carbonyl (C=O) groups is 1. The van der Waals surface area contributed by atoms with Crippen LogP contribution in [0.4, 0.5) is 0 Å². The number of ketones is 1. The van der Waals surface area contributed by atoms with Crippen molar-refractivity contribution in [3.05, 3.63) is 34.3 Å². The van der Waals surface area contributed by atoms with Gasteiger partial charge in [-0.15, -0.1) is 21.5 Å². The lowest BCUT2D eigenvalue weighted by Gasteiger charge is -2.50. The number of hydrogen-bond acceptors (Lipinski definition) is 7. The summed E-state index contributed by atoms with van der Waals surface area (Å²) in [5.74, 6) is 2.63. The lowest BCUT2D eigenvalue weighted by molar-refractivity contribution is -0.0463. The highest BCUT2D eigenvalue weighted by atomic mass is 32.1. The maximum Gasteiger partial charge on any atom is 0.193 e. The Balaban J connectivity index is 1.76. The van der Waals surface area contributed by atoms with Crippen molar-refractivity contribution in [3.8, 4) is 0 Å². The Hall–Kier alpha value is -2.39. The molecule has 1 saturated heterocycles. The molecule has 9 heteroatoms. The lowest BCUT2D eigenvalue weighted by atomic mass is 9.89. The van der Waals surface area contributed by atoms with Gasteiger partial charge >= 0.3 is 0 Å². The summed E-state index contributed by atoms with van der Waals surface area (Å²) in [4.78, 5) is 24.0. The smallest absolute Gasteiger partial charge is 0.193 e. The van der Waals surface area contributed by atoms with Gasteiger partial charge in [-0.25, -0.2) is 4.98 Å². The molecule has 0 aromatic carbocycles. The minimum Gasteiger partial charge on any atom is -0.377 e. The third-order valence-corrected chi connectivity index (χ3v) is 6.45. The van der Waals surface area contributed by atoms with Gasteiger partial charge in [-0.1, -0.05) is 13.0 Å². The third-order valence-electron chi connectivity index (χ3n) is 5.64. The summed E-state index contributed by atoms with van der Waals surface area (Å²) in [6.07, 6.45) is 4.86. The van der Waals surface area contributed by atoms with Crippen LogP contribution in [0.1, 0.15) is 55.1 Å². The first kappa shape index (κ1) is 19.9. The van der Waals surface area contributed by atoms with Crippen LogP contribution in [0.5, 0.6) is 0 Å². The van der Waals surface area contributed by atoms with Crippen LogP contribution in [0.15, 0.2) is 22.6 Å². The summed E-state index contributed by atoms with van der Waals surface area (Å²) in [5, 5.41) is 11.2. The van der Waals surface area contributed by atoms with Gasteiger partial charge in [-0.3, -0.25) is 14.4 Å². The van der Waals surface area contributed by atoms with Crippen LogP contribution in [-0.2, 0) is 10.3 Å². The predicted molar refractivity (Wildman–Crippen MR) is 112 cm³/mol. The molecule has 4 rings (SSSR count). The molecule has 0 radical (unpaired) electrons. The summed E-state index contributed by atoms with van der Waals surface area (Å²) in [5.41, 5.74) is 0.561. The molecule has 4 heterocycles. The second-order valence-corrected chi connectivity index (χ2v) is 8.33. The number of carbonyl (C=O) groups excluding carboxylic acids is 1. The number of hydrogen-bond donors (Lipinski definition) is 0. The summed E-state index contributed by atoms with van der Waals surface area (Å²) in [7, 11) is 0. The molecule has 2 unspecified atom stereocenters.